The zero-order chi connectivity index (χ0) is 11.1. The fraction of sp³-hybridized carbons (Fsp3) is 0.900. The van der Waals surface area contributed by atoms with Gasteiger partial charge in [0.15, 0.2) is 6.10 Å². The second kappa shape index (κ2) is 6.76. The lowest BCUT2D eigenvalue weighted by molar-refractivity contribution is -0.157. The van der Waals surface area contributed by atoms with Crippen molar-refractivity contribution in [3.05, 3.63) is 0 Å². The van der Waals surface area contributed by atoms with E-state index in [1.54, 1.807) is 4.90 Å². The number of amides is 1. The molecular weight excluding hydrogens is 196 g/mol. The van der Waals surface area contributed by atoms with E-state index in [1.165, 1.54) is 0 Å². The van der Waals surface area contributed by atoms with E-state index in [0.717, 1.165) is 13.0 Å². The summed E-state index contributed by atoms with van der Waals surface area (Å²) in [6.07, 6.45) is 0.496. The molecule has 5 heteroatoms. The molecule has 1 rings (SSSR count). The molecule has 1 heterocycles. The van der Waals surface area contributed by atoms with E-state index in [1.807, 2.05) is 6.92 Å². The Morgan fingerprint density at radius 2 is 2.27 bits per heavy atom. The van der Waals surface area contributed by atoms with E-state index in [4.69, 9.17) is 15.2 Å². The normalized spacial score (nSPS) is 21.3. The minimum Gasteiger partial charge on any atom is -0.376 e. The standard InChI is InChI=1S/C10H20N2O3/c1-2-4-12(5-3-11)10(13)9-8-14-6-7-15-9/h9H,2-8,11H2,1H3. The predicted molar refractivity (Wildman–Crippen MR) is 56.5 cm³/mol. The van der Waals surface area contributed by atoms with Gasteiger partial charge in [-0.05, 0) is 6.42 Å². The van der Waals surface area contributed by atoms with Crippen LogP contribution < -0.4 is 5.73 Å². The monoisotopic (exact) mass is 216 g/mol. The molecule has 1 aliphatic heterocycles. The molecule has 88 valence electrons. The second-order valence-electron chi connectivity index (χ2n) is 3.55. The molecule has 5 nitrogen and oxygen atoms in total. The molecule has 0 aromatic rings. The number of nitrogens with two attached hydrogens (primary N) is 1. The van der Waals surface area contributed by atoms with Crippen molar-refractivity contribution in [1.82, 2.24) is 4.90 Å². The van der Waals surface area contributed by atoms with Gasteiger partial charge in [-0.15, -0.1) is 0 Å². The first-order chi connectivity index (χ1) is 7.29. The van der Waals surface area contributed by atoms with Crippen molar-refractivity contribution in [1.29, 1.82) is 0 Å². The van der Waals surface area contributed by atoms with Gasteiger partial charge in [-0.2, -0.15) is 0 Å². The zero-order valence-corrected chi connectivity index (χ0v) is 9.28. The summed E-state index contributed by atoms with van der Waals surface area (Å²) < 4.78 is 10.6. The summed E-state index contributed by atoms with van der Waals surface area (Å²) in [6.45, 7) is 5.29. The number of hydrogen-bond donors (Lipinski definition) is 1. The van der Waals surface area contributed by atoms with E-state index in [9.17, 15) is 4.79 Å². The lowest BCUT2D eigenvalue weighted by Crippen LogP contribution is -2.47. The highest BCUT2D eigenvalue weighted by Gasteiger charge is 2.26. The summed E-state index contributed by atoms with van der Waals surface area (Å²) in [4.78, 5) is 13.7. The third-order valence-corrected chi connectivity index (χ3v) is 2.30. The first-order valence-electron chi connectivity index (χ1n) is 5.47. The lowest BCUT2D eigenvalue weighted by atomic mass is 10.2. The van der Waals surface area contributed by atoms with Crippen LogP contribution in [0.3, 0.4) is 0 Å². The zero-order valence-electron chi connectivity index (χ0n) is 9.28. The highest BCUT2D eigenvalue weighted by Crippen LogP contribution is 2.05. The molecule has 15 heavy (non-hydrogen) atoms. The number of nitrogens with zero attached hydrogens (tertiary/aromatic N) is 1. The Morgan fingerprint density at radius 1 is 1.47 bits per heavy atom. The van der Waals surface area contributed by atoms with Crippen molar-refractivity contribution < 1.29 is 14.3 Å². The second-order valence-corrected chi connectivity index (χ2v) is 3.55. The van der Waals surface area contributed by atoms with Crippen LogP contribution in [0.5, 0.6) is 0 Å². The molecular formula is C10H20N2O3. The average Bonchev–Trinajstić information content (AvgIpc) is 2.29. The molecule has 0 spiro atoms. The Balaban J connectivity index is 2.45. The van der Waals surface area contributed by atoms with Crippen molar-refractivity contribution in [3.63, 3.8) is 0 Å². The van der Waals surface area contributed by atoms with Gasteiger partial charge in [-0.1, -0.05) is 6.92 Å². The van der Waals surface area contributed by atoms with Crippen molar-refractivity contribution in [2.75, 3.05) is 39.5 Å². The highest BCUT2D eigenvalue weighted by molar-refractivity contribution is 5.81. The van der Waals surface area contributed by atoms with Gasteiger partial charge < -0.3 is 20.1 Å². The summed E-state index contributed by atoms with van der Waals surface area (Å²) in [7, 11) is 0. The molecule has 0 saturated carbocycles. The van der Waals surface area contributed by atoms with E-state index >= 15 is 0 Å². The minimum absolute atomic E-state index is 0.00185. The number of ether oxygens (including phenoxy) is 2. The quantitative estimate of drug-likeness (QED) is 0.679. The Labute approximate surface area is 90.5 Å². The van der Waals surface area contributed by atoms with Crippen molar-refractivity contribution in [2.24, 2.45) is 5.73 Å². The SMILES string of the molecule is CCCN(CCN)C(=O)C1COCCO1. The number of carbonyl (C=O) groups is 1. The Hall–Kier alpha value is -0.650. The van der Waals surface area contributed by atoms with Crippen LogP contribution in [0.15, 0.2) is 0 Å². The Kier molecular flexibility index (Phi) is 5.60. The van der Waals surface area contributed by atoms with Crippen molar-refractivity contribution in [3.8, 4) is 0 Å². The molecule has 1 amide bonds. The lowest BCUT2D eigenvalue weighted by Gasteiger charge is -2.28. The Morgan fingerprint density at radius 3 is 2.80 bits per heavy atom. The molecule has 0 bridgehead atoms. The van der Waals surface area contributed by atoms with Gasteiger partial charge in [-0.25, -0.2) is 0 Å². The van der Waals surface area contributed by atoms with Gasteiger partial charge in [0.1, 0.15) is 0 Å². The third-order valence-electron chi connectivity index (χ3n) is 2.30. The maximum Gasteiger partial charge on any atom is 0.254 e. The van der Waals surface area contributed by atoms with E-state index in [-0.39, 0.29) is 5.91 Å². The number of rotatable bonds is 5. The molecule has 0 aromatic carbocycles. The van der Waals surface area contributed by atoms with Gasteiger partial charge >= 0.3 is 0 Å². The van der Waals surface area contributed by atoms with Gasteiger partial charge in [0.25, 0.3) is 5.91 Å². The Bertz CT molecular complexity index is 187. The molecule has 0 aliphatic carbocycles. The first kappa shape index (κ1) is 12.4. The summed E-state index contributed by atoms with van der Waals surface area (Å²) in [5.74, 6) is 0.00185. The van der Waals surface area contributed by atoms with Crippen LogP contribution in [0, 0.1) is 0 Å². The van der Waals surface area contributed by atoms with Crippen LogP contribution in [0.25, 0.3) is 0 Å². The molecule has 0 radical (unpaired) electrons. The summed E-state index contributed by atoms with van der Waals surface area (Å²) in [6, 6.07) is 0. The number of carbonyl (C=O) groups excluding carboxylic acids is 1. The molecule has 0 aromatic heterocycles. The van der Waals surface area contributed by atoms with Crippen LogP contribution in [-0.2, 0) is 14.3 Å². The van der Waals surface area contributed by atoms with Crippen LogP contribution >= 0.6 is 0 Å². The van der Waals surface area contributed by atoms with Gasteiger partial charge in [-0.3, -0.25) is 4.79 Å². The fourth-order valence-corrected chi connectivity index (χ4v) is 1.59. The number of hydrogen-bond acceptors (Lipinski definition) is 4. The van der Waals surface area contributed by atoms with E-state index in [0.29, 0.717) is 32.9 Å². The fourth-order valence-electron chi connectivity index (χ4n) is 1.59. The maximum atomic E-state index is 11.9. The molecule has 2 N–H and O–H groups in total. The van der Waals surface area contributed by atoms with E-state index < -0.39 is 6.10 Å². The van der Waals surface area contributed by atoms with Crippen LogP contribution in [0.2, 0.25) is 0 Å². The largest absolute Gasteiger partial charge is 0.376 e. The van der Waals surface area contributed by atoms with Crippen molar-refractivity contribution in [2.45, 2.75) is 19.4 Å². The third kappa shape index (κ3) is 3.77. The van der Waals surface area contributed by atoms with E-state index in [2.05, 4.69) is 0 Å². The smallest absolute Gasteiger partial charge is 0.254 e. The summed E-state index contributed by atoms with van der Waals surface area (Å²) in [5, 5.41) is 0. The molecule has 1 atom stereocenters. The predicted octanol–water partition coefficient (Wildman–Crippen LogP) is -0.401. The van der Waals surface area contributed by atoms with Crippen LogP contribution in [-0.4, -0.2) is 56.4 Å². The van der Waals surface area contributed by atoms with Gasteiger partial charge in [0.2, 0.25) is 0 Å². The highest BCUT2D eigenvalue weighted by atomic mass is 16.6. The van der Waals surface area contributed by atoms with Crippen molar-refractivity contribution >= 4 is 5.91 Å². The van der Waals surface area contributed by atoms with Gasteiger partial charge in [0.05, 0.1) is 19.8 Å². The first-order valence-corrected chi connectivity index (χ1v) is 5.47. The van der Waals surface area contributed by atoms with Crippen LogP contribution in [0.4, 0.5) is 0 Å². The van der Waals surface area contributed by atoms with Gasteiger partial charge in [0, 0.05) is 19.6 Å². The minimum atomic E-state index is -0.433. The molecule has 1 fully saturated rings. The average molecular weight is 216 g/mol. The molecule has 1 aliphatic rings. The topological polar surface area (TPSA) is 64.8 Å². The molecule has 1 saturated heterocycles. The van der Waals surface area contributed by atoms with Crippen LogP contribution in [0.1, 0.15) is 13.3 Å². The summed E-state index contributed by atoms with van der Waals surface area (Å²) in [5.41, 5.74) is 5.46. The maximum absolute atomic E-state index is 11.9. The summed E-state index contributed by atoms with van der Waals surface area (Å²) >= 11 is 0. The molecule has 1 unspecified atom stereocenters.